The maximum absolute atomic E-state index is 4.43. The fourth-order valence-electron chi connectivity index (χ4n) is 3.57. The van der Waals surface area contributed by atoms with E-state index in [1.807, 2.05) is 10.7 Å². The molecule has 0 aliphatic carbocycles. The molecule has 0 amide bonds. The Balaban J connectivity index is 1.79. The van der Waals surface area contributed by atoms with Gasteiger partial charge >= 0.3 is 0 Å². The molecule has 0 radical (unpaired) electrons. The van der Waals surface area contributed by atoms with Crippen molar-refractivity contribution in [3.8, 4) is 0 Å². The molecule has 0 N–H and O–H groups in total. The van der Waals surface area contributed by atoms with Crippen LogP contribution < -0.4 is 0 Å². The molecule has 1 aliphatic heterocycles. The van der Waals surface area contributed by atoms with Crippen molar-refractivity contribution < 1.29 is 0 Å². The van der Waals surface area contributed by atoms with Crippen LogP contribution in [0.1, 0.15) is 44.6 Å². The molecular weight excluding hydrogens is 312 g/mol. The van der Waals surface area contributed by atoms with Crippen molar-refractivity contribution in [3.05, 3.63) is 41.7 Å². The first-order chi connectivity index (χ1) is 12.2. The average Bonchev–Trinajstić information content (AvgIpc) is 3.08. The van der Waals surface area contributed by atoms with Gasteiger partial charge in [0.05, 0.1) is 12.6 Å². The summed E-state index contributed by atoms with van der Waals surface area (Å²) in [6, 6.07) is 10.7. The number of piperazine rings is 1. The van der Waals surface area contributed by atoms with Crippen LogP contribution in [0.5, 0.6) is 0 Å². The SMILES string of the molecule is CCN1CCN([C@H](CC(C)C)c2nnnn2Cc2ccccc2)CC1. The number of rotatable bonds is 7. The van der Waals surface area contributed by atoms with Crippen molar-refractivity contribution in [2.45, 2.75) is 39.8 Å². The second-order valence-electron chi connectivity index (χ2n) is 7.30. The number of hydrogen-bond acceptors (Lipinski definition) is 5. The molecule has 0 saturated carbocycles. The Labute approximate surface area is 150 Å². The van der Waals surface area contributed by atoms with Crippen molar-refractivity contribution >= 4 is 0 Å². The smallest absolute Gasteiger partial charge is 0.168 e. The molecule has 25 heavy (non-hydrogen) atoms. The molecule has 6 nitrogen and oxygen atoms in total. The maximum atomic E-state index is 4.43. The van der Waals surface area contributed by atoms with Crippen LogP contribution >= 0.6 is 0 Å². The molecule has 0 spiro atoms. The highest BCUT2D eigenvalue weighted by Crippen LogP contribution is 2.27. The number of aromatic nitrogens is 4. The third-order valence-corrected chi connectivity index (χ3v) is 5.02. The Kier molecular flexibility index (Phi) is 6.15. The molecule has 6 heteroatoms. The fourth-order valence-corrected chi connectivity index (χ4v) is 3.57. The van der Waals surface area contributed by atoms with E-state index in [4.69, 9.17) is 0 Å². The first-order valence-corrected chi connectivity index (χ1v) is 9.43. The summed E-state index contributed by atoms with van der Waals surface area (Å²) < 4.78 is 1.98. The number of tetrazole rings is 1. The van der Waals surface area contributed by atoms with E-state index >= 15 is 0 Å². The quantitative estimate of drug-likeness (QED) is 0.773. The minimum absolute atomic E-state index is 0.290. The van der Waals surface area contributed by atoms with E-state index in [0.29, 0.717) is 5.92 Å². The van der Waals surface area contributed by atoms with Crippen LogP contribution in [0.4, 0.5) is 0 Å². The van der Waals surface area contributed by atoms with Gasteiger partial charge in [-0.3, -0.25) is 4.90 Å². The average molecular weight is 342 g/mol. The Morgan fingerprint density at radius 1 is 1.04 bits per heavy atom. The lowest BCUT2D eigenvalue weighted by atomic mass is 10.0. The predicted octanol–water partition coefficient (Wildman–Crippen LogP) is 2.45. The first-order valence-electron chi connectivity index (χ1n) is 9.43. The molecule has 1 aromatic carbocycles. The molecule has 2 heterocycles. The van der Waals surface area contributed by atoms with Gasteiger partial charge in [0.15, 0.2) is 5.82 Å². The summed E-state index contributed by atoms with van der Waals surface area (Å²) in [5.41, 5.74) is 1.23. The van der Waals surface area contributed by atoms with E-state index in [0.717, 1.165) is 51.5 Å². The maximum Gasteiger partial charge on any atom is 0.168 e. The highest BCUT2D eigenvalue weighted by Gasteiger charge is 2.29. The third kappa shape index (κ3) is 4.64. The van der Waals surface area contributed by atoms with Crippen LogP contribution in [-0.2, 0) is 6.54 Å². The van der Waals surface area contributed by atoms with Crippen LogP contribution in [0.25, 0.3) is 0 Å². The van der Waals surface area contributed by atoms with E-state index in [1.54, 1.807) is 0 Å². The van der Waals surface area contributed by atoms with Crippen LogP contribution in [-0.4, -0.2) is 62.7 Å². The Morgan fingerprint density at radius 2 is 1.76 bits per heavy atom. The minimum atomic E-state index is 0.290. The van der Waals surface area contributed by atoms with Gasteiger partial charge < -0.3 is 4.90 Å². The standard InChI is InChI=1S/C19H30N6/c1-4-23-10-12-24(13-11-23)18(14-16(2)3)19-20-21-22-25(19)15-17-8-6-5-7-9-17/h5-9,16,18H,4,10-15H2,1-3H3/t18-/m1/s1. The summed E-state index contributed by atoms with van der Waals surface area (Å²) in [7, 11) is 0. The van der Waals surface area contributed by atoms with Gasteiger partial charge in [-0.2, -0.15) is 0 Å². The van der Waals surface area contributed by atoms with Crippen molar-refractivity contribution in [3.63, 3.8) is 0 Å². The van der Waals surface area contributed by atoms with Crippen molar-refractivity contribution in [1.82, 2.24) is 30.0 Å². The lowest BCUT2D eigenvalue weighted by Crippen LogP contribution is -2.48. The molecule has 3 rings (SSSR count). The van der Waals surface area contributed by atoms with E-state index in [9.17, 15) is 0 Å². The molecule has 0 bridgehead atoms. The van der Waals surface area contributed by atoms with Crippen LogP contribution in [0.15, 0.2) is 30.3 Å². The third-order valence-electron chi connectivity index (χ3n) is 5.02. The van der Waals surface area contributed by atoms with Crippen molar-refractivity contribution in [2.75, 3.05) is 32.7 Å². The topological polar surface area (TPSA) is 50.1 Å². The first kappa shape index (κ1) is 18.0. The van der Waals surface area contributed by atoms with Gasteiger partial charge in [0.1, 0.15) is 0 Å². The summed E-state index contributed by atoms with van der Waals surface area (Å²) in [6.07, 6.45) is 1.08. The van der Waals surface area contributed by atoms with Gasteiger partial charge in [-0.15, -0.1) is 5.10 Å². The summed E-state index contributed by atoms with van der Waals surface area (Å²) in [4.78, 5) is 5.08. The molecule has 1 aliphatic rings. The van der Waals surface area contributed by atoms with Crippen LogP contribution in [0.2, 0.25) is 0 Å². The van der Waals surface area contributed by atoms with Crippen molar-refractivity contribution in [2.24, 2.45) is 5.92 Å². The lowest BCUT2D eigenvalue weighted by molar-refractivity contribution is 0.0834. The molecule has 2 aromatic rings. The number of nitrogens with zero attached hydrogens (tertiary/aromatic N) is 6. The predicted molar refractivity (Wildman–Crippen MR) is 99.2 cm³/mol. The second kappa shape index (κ2) is 8.54. The molecular formula is C19H30N6. The van der Waals surface area contributed by atoms with E-state index in [2.05, 4.69) is 70.4 Å². The van der Waals surface area contributed by atoms with E-state index < -0.39 is 0 Å². The van der Waals surface area contributed by atoms with Gasteiger partial charge in [0, 0.05) is 26.2 Å². The van der Waals surface area contributed by atoms with Crippen LogP contribution in [0.3, 0.4) is 0 Å². The Morgan fingerprint density at radius 3 is 2.40 bits per heavy atom. The van der Waals surface area contributed by atoms with Crippen molar-refractivity contribution in [1.29, 1.82) is 0 Å². The van der Waals surface area contributed by atoms with Gasteiger partial charge in [0.2, 0.25) is 0 Å². The van der Waals surface area contributed by atoms with Gasteiger partial charge in [-0.1, -0.05) is 51.1 Å². The summed E-state index contributed by atoms with van der Waals surface area (Å²) in [5.74, 6) is 1.61. The van der Waals surface area contributed by atoms with Crippen LogP contribution in [0, 0.1) is 5.92 Å². The molecule has 0 unspecified atom stereocenters. The van der Waals surface area contributed by atoms with Gasteiger partial charge in [-0.05, 0) is 34.9 Å². The molecule has 1 atom stereocenters. The Bertz CT molecular complexity index is 630. The summed E-state index contributed by atoms with van der Waals surface area (Å²) >= 11 is 0. The molecule has 136 valence electrons. The number of benzene rings is 1. The summed E-state index contributed by atoms with van der Waals surface area (Å²) in [6.45, 7) is 13.1. The van der Waals surface area contributed by atoms with Gasteiger partial charge in [0.25, 0.3) is 0 Å². The zero-order valence-electron chi connectivity index (χ0n) is 15.7. The lowest BCUT2D eigenvalue weighted by Gasteiger charge is -2.39. The molecule has 1 saturated heterocycles. The minimum Gasteiger partial charge on any atom is -0.301 e. The van der Waals surface area contributed by atoms with E-state index in [-0.39, 0.29) is 6.04 Å². The molecule has 1 aromatic heterocycles. The monoisotopic (exact) mass is 342 g/mol. The largest absolute Gasteiger partial charge is 0.301 e. The highest BCUT2D eigenvalue weighted by atomic mass is 15.6. The van der Waals surface area contributed by atoms with Gasteiger partial charge in [-0.25, -0.2) is 4.68 Å². The van der Waals surface area contributed by atoms with E-state index in [1.165, 1.54) is 5.56 Å². The second-order valence-corrected chi connectivity index (χ2v) is 7.30. The fraction of sp³-hybridized carbons (Fsp3) is 0.632. The number of hydrogen-bond donors (Lipinski definition) is 0. The zero-order chi connectivity index (χ0) is 17.6. The normalized spacial score (nSPS) is 17.9. The number of likely N-dealkylation sites (N-methyl/N-ethyl adjacent to an activating group) is 1. The Hall–Kier alpha value is -1.79. The zero-order valence-corrected chi connectivity index (χ0v) is 15.7. The summed E-state index contributed by atoms with van der Waals surface area (Å²) in [5, 5.41) is 12.7. The molecule has 1 fully saturated rings. The highest BCUT2D eigenvalue weighted by molar-refractivity contribution is 5.15.